The van der Waals surface area contributed by atoms with Gasteiger partial charge in [-0.15, -0.1) is 0 Å². The zero-order valence-corrected chi connectivity index (χ0v) is 12.9. The summed E-state index contributed by atoms with van der Waals surface area (Å²) < 4.78 is 0. The van der Waals surface area contributed by atoms with E-state index in [2.05, 4.69) is 36.2 Å². The van der Waals surface area contributed by atoms with E-state index in [1.165, 1.54) is 12.5 Å². The number of amides is 1. The second kappa shape index (κ2) is 8.42. The fourth-order valence-corrected chi connectivity index (χ4v) is 1.96. The first kappa shape index (κ1) is 17.2. The van der Waals surface area contributed by atoms with Crippen molar-refractivity contribution in [2.24, 2.45) is 0 Å². The van der Waals surface area contributed by atoms with E-state index in [0.717, 1.165) is 6.54 Å². The molecule has 0 aliphatic rings. The molecule has 0 aromatic heterocycles. The van der Waals surface area contributed by atoms with Crippen LogP contribution >= 0.6 is 0 Å². The molecule has 116 valence electrons. The molecule has 0 fully saturated rings. The lowest BCUT2D eigenvalue weighted by molar-refractivity contribution is -0.141. The standard InChI is InChI=1S/C16H24N2O3/c1-12(2)18(11-14-7-5-4-6-8-14)10-9-15(19)17-13(3)16(20)21/h4-8,12-13H,9-11H2,1-3H3,(H,17,19)(H,20,21). The fourth-order valence-electron chi connectivity index (χ4n) is 1.96. The van der Waals surface area contributed by atoms with Gasteiger partial charge in [0.15, 0.2) is 0 Å². The number of carboxylic acid groups (broad SMARTS) is 1. The van der Waals surface area contributed by atoms with E-state index in [4.69, 9.17) is 5.11 Å². The second-order valence-electron chi connectivity index (χ2n) is 5.43. The van der Waals surface area contributed by atoms with Crippen LogP contribution in [0.25, 0.3) is 0 Å². The Labute approximate surface area is 126 Å². The molecule has 21 heavy (non-hydrogen) atoms. The van der Waals surface area contributed by atoms with Crippen LogP contribution in [0.5, 0.6) is 0 Å². The van der Waals surface area contributed by atoms with Gasteiger partial charge in [0.2, 0.25) is 5.91 Å². The largest absolute Gasteiger partial charge is 0.480 e. The molecule has 1 aromatic carbocycles. The minimum Gasteiger partial charge on any atom is -0.480 e. The highest BCUT2D eigenvalue weighted by molar-refractivity contribution is 5.83. The van der Waals surface area contributed by atoms with Gasteiger partial charge >= 0.3 is 5.97 Å². The van der Waals surface area contributed by atoms with Gasteiger partial charge in [-0.05, 0) is 26.3 Å². The Morgan fingerprint density at radius 3 is 2.33 bits per heavy atom. The van der Waals surface area contributed by atoms with Crippen molar-refractivity contribution in [3.05, 3.63) is 35.9 Å². The average molecular weight is 292 g/mol. The smallest absolute Gasteiger partial charge is 0.325 e. The minimum absolute atomic E-state index is 0.233. The quantitative estimate of drug-likeness (QED) is 0.767. The third kappa shape index (κ3) is 6.40. The van der Waals surface area contributed by atoms with E-state index in [0.29, 0.717) is 19.0 Å². The van der Waals surface area contributed by atoms with Crippen molar-refractivity contribution in [2.75, 3.05) is 6.54 Å². The molecule has 0 aliphatic carbocycles. The number of nitrogens with one attached hydrogen (secondary N) is 1. The van der Waals surface area contributed by atoms with E-state index in [-0.39, 0.29) is 5.91 Å². The van der Waals surface area contributed by atoms with Crippen LogP contribution in [0.4, 0.5) is 0 Å². The van der Waals surface area contributed by atoms with Crippen LogP contribution in [-0.2, 0) is 16.1 Å². The number of aliphatic carboxylic acids is 1. The van der Waals surface area contributed by atoms with E-state index in [1.54, 1.807) is 0 Å². The summed E-state index contributed by atoms with van der Waals surface area (Å²) in [5.41, 5.74) is 1.20. The number of nitrogens with zero attached hydrogens (tertiary/aromatic N) is 1. The molecule has 1 amide bonds. The van der Waals surface area contributed by atoms with Crippen LogP contribution in [0.1, 0.15) is 32.8 Å². The van der Waals surface area contributed by atoms with Crippen LogP contribution in [0.15, 0.2) is 30.3 Å². The summed E-state index contributed by atoms with van der Waals surface area (Å²) in [6.45, 7) is 7.01. The van der Waals surface area contributed by atoms with Crippen LogP contribution in [-0.4, -0.2) is 40.5 Å². The first-order valence-corrected chi connectivity index (χ1v) is 7.20. The van der Waals surface area contributed by atoms with Gasteiger partial charge in [-0.2, -0.15) is 0 Å². The lowest BCUT2D eigenvalue weighted by atomic mass is 10.2. The van der Waals surface area contributed by atoms with Gasteiger partial charge in [-0.3, -0.25) is 14.5 Å². The minimum atomic E-state index is -1.02. The van der Waals surface area contributed by atoms with E-state index >= 15 is 0 Å². The topological polar surface area (TPSA) is 69.6 Å². The first-order valence-electron chi connectivity index (χ1n) is 7.20. The van der Waals surface area contributed by atoms with Gasteiger partial charge < -0.3 is 10.4 Å². The highest BCUT2D eigenvalue weighted by Gasteiger charge is 2.16. The molecule has 5 heteroatoms. The van der Waals surface area contributed by atoms with Crippen LogP contribution in [0, 0.1) is 0 Å². The summed E-state index contributed by atoms with van der Waals surface area (Å²) in [7, 11) is 0. The van der Waals surface area contributed by atoms with Gasteiger partial charge in [0, 0.05) is 25.6 Å². The van der Waals surface area contributed by atoms with E-state index in [9.17, 15) is 9.59 Å². The number of rotatable bonds is 8. The monoisotopic (exact) mass is 292 g/mol. The van der Waals surface area contributed by atoms with E-state index in [1.807, 2.05) is 18.2 Å². The van der Waals surface area contributed by atoms with Crippen molar-refractivity contribution in [3.8, 4) is 0 Å². The Morgan fingerprint density at radius 1 is 1.19 bits per heavy atom. The van der Waals surface area contributed by atoms with Gasteiger partial charge in [-0.1, -0.05) is 30.3 Å². The van der Waals surface area contributed by atoms with Crippen molar-refractivity contribution in [1.29, 1.82) is 0 Å². The number of carbonyl (C=O) groups excluding carboxylic acids is 1. The van der Waals surface area contributed by atoms with Gasteiger partial charge in [0.1, 0.15) is 6.04 Å². The third-order valence-electron chi connectivity index (χ3n) is 3.33. The van der Waals surface area contributed by atoms with E-state index < -0.39 is 12.0 Å². The lowest BCUT2D eigenvalue weighted by Crippen LogP contribution is -2.40. The molecule has 0 spiro atoms. The molecule has 1 unspecified atom stereocenters. The highest BCUT2D eigenvalue weighted by atomic mass is 16.4. The maximum atomic E-state index is 11.7. The molecule has 2 N–H and O–H groups in total. The number of hydrogen-bond donors (Lipinski definition) is 2. The van der Waals surface area contributed by atoms with Crippen LogP contribution in [0.3, 0.4) is 0 Å². The number of carbonyl (C=O) groups is 2. The molecule has 5 nitrogen and oxygen atoms in total. The summed E-state index contributed by atoms with van der Waals surface area (Å²) in [5, 5.41) is 11.2. The molecule has 1 aromatic rings. The highest BCUT2D eigenvalue weighted by Crippen LogP contribution is 2.08. The van der Waals surface area contributed by atoms with Crippen LogP contribution in [0.2, 0.25) is 0 Å². The molecule has 1 rings (SSSR count). The van der Waals surface area contributed by atoms with Crippen molar-refractivity contribution >= 4 is 11.9 Å². The zero-order valence-electron chi connectivity index (χ0n) is 12.9. The molecule has 0 aliphatic heterocycles. The van der Waals surface area contributed by atoms with Crippen molar-refractivity contribution < 1.29 is 14.7 Å². The Balaban J connectivity index is 2.48. The SMILES string of the molecule is CC(NC(=O)CCN(Cc1ccccc1)C(C)C)C(=O)O. The molecule has 1 atom stereocenters. The van der Waals surface area contributed by atoms with Gasteiger partial charge in [0.05, 0.1) is 0 Å². The fraction of sp³-hybridized carbons (Fsp3) is 0.500. The predicted octanol–water partition coefficient (Wildman–Crippen LogP) is 1.88. The summed E-state index contributed by atoms with van der Waals surface area (Å²) in [6, 6.07) is 9.55. The summed E-state index contributed by atoms with van der Waals surface area (Å²) in [4.78, 5) is 24.6. The molecule has 0 bridgehead atoms. The van der Waals surface area contributed by atoms with Gasteiger partial charge in [-0.25, -0.2) is 0 Å². The maximum Gasteiger partial charge on any atom is 0.325 e. The summed E-state index contributed by atoms with van der Waals surface area (Å²) in [5.74, 6) is -1.25. The molecule has 0 heterocycles. The predicted molar refractivity (Wildman–Crippen MR) is 81.8 cm³/mol. The summed E-state index contributed by atoms with van der Waals surface area (Å²) in [6.07, 6.45) is 0.294. The molecular formula is C16H24N2O3. The van der Waals surface area contributed by atoms with Crippen molar-refractivity contribution in [2.45, 2.75) is 45.8 Å². The van der Waals surface area contributed by atoms with Crippen LogP contribution < -0.4 is 5.32 Å². The zero-order chi connectivity index (χ0) is 15.8. The maximum absolute atomic E-state index is 11.7. The molecule has 0 saturated heterocycles. The Kier molecular flexibility index (Phi) is 6.88. The lowest BCUT2D eigenvalue weighted by Gasteiger charge is -2.26. The van der Waals surface area contributed by atoms with Crippen molar-refractivity contribution in [1.82, 2.24) is 10.2 Å². The molecular weight excluding hydrogens is 268 g/mol. The Bertz CT molecular complexity index is 460. The number of benzene rings is 1. The normalized spacial score (nSPS) is 12.4. The van der Waals surface area contributed by atoms with Gasteiger partial charge in [0.25, 0.3) is 0 Å². The number of hydrogen-bond acceptors (Lipinski definition) is 3. The average Bonchev–Trinajstić information content (AvgIpc) is 2.44. The Morgan fingerprint density at radius 2 is 1.81 bits per heavy atom. The molecule has 0 radical (unpaired) electrons. The number of carboxylic acids is 1. The third-order valence-corrected chi connectivity index (χ3v) is 3.33. The molecule has 0 saturated carbocycles. The second-order valence-corrected chi connectivity index (χ2v) is 5.43. The first-order chi connectivity index (χ1) is 9.90. The summed E-state index contributed by atoms with van der Waals surface area (Å²) >= 11 is 0. The van der Waals surface area contributed by atoms with Crippen molar-refractivity contribution in [3.63, 3.8) is 0 Å². The Hall–Kier alpha value is -1.88.